The Morgan fingerprint density at radius 2 is 2.24 bits per heavy atom. The molecule has 17 heavy (non-hydrogen) atoms. The van der Waals surface area contributed by atoms with Crippen LogP contribution in [0.2, 0.25) is 0 Å². The minimum atomic E-state index is 0.487. The van der Waals surface area contributed by atoms with Gasteiger partial charge in [0.15, 0.2) is 0 Å². The van der Waals surface area contributed by atoms with Gasteiger partial charge in [-0.3, -0.25) is 4.90 Å². The second-order valence-corrected chi connectivity index (χ2v) is 6.04. The molecule has 2 fully saturated rings. The fraction of sp³-hybridized carbons (Fsp3) is 0.769. The number of hydrogen-bond acceptors (Lipinski definition) is 4. The van der Waals surface area contributed by atoms with Crippen LogP contribution >= 0.6 is 11.3 Å². The first kappa shape index (κ1) is 11.6. The maximum absolute atomic E-state index is 6.00. The Balaban J connectivity index is 1.88. The smallest absolute Gasteiger partial charge is 0.0795 e. The number of likely N-dealkylation sites (tertiary alicyclic amines) is 1. The van der Waals surface area contributed by atoms with Crippen LogP contribution in [-0.4, -0.2) is 29.0 Å². The normalized spacial score (nSPS) is 31.4. The van der Waals surface area contributed by atoms with Gasteiger partial charge in [0.2, 0.25) is 0 Å². The van der Waals surface area contributed by atoms with E-state index in [-0.39, 0.29) is 0 Å². The van der Waals surface area contributed by atoms with E-state index in [1.165, 1.54) is 44.3 Å². The van der Waals surface area contributed by atoms with Gasteiger partial charge in [-0.25, -0.2) is 4.98 Å². The second-order valence-electron chi connectivity index (χ2n) is 5.32. The quantitative estimate of drug-likeness (QED) is 0.897. The summed E-state index contributed by atoms with van der Waals surface area (Å²) < 4.78 is 0. The highest BCUT2D eigenvalue weighted by Crippen LogP contribution is 2.41. The molecule has 2 heterocycles. The highest BCUT2D eigenvalue weighted by molar-refractivity contribution is 7.07. The van der Waals surface area contributed by atoms with Gasteiger partial charge >= 0.3 is 0 Å². The number of hydrogen-bond donors (Lipinski definition) is 1. The molecular formula is C13H21N3S. The summed E-state index contributed by atoms with van der Waals surface area (Å²) in [6.07, 6.45) is 6.66. The van der Waals surface area contributed by atoms with Crippen molar-refractivity contribution in [2.45, 2.75) is 44.2 Å². The Hall–Kier alpha value is -0.450. The van der Waals surface area contributed by atoms with E-state index in [1.807, 2.05) is 5.51 Å². The Morgan fingerprint density at radius 1 is 1.35 bits per heavy atom. The molecule has 1 aromatic heterocycles. The van der Waals surface area contributed by atoms with Gasteiger partial charge in [-0.1, -0.05) is 6.42 Å². The molecule has 1 saturated heterocycles. The van der Waals surface area contributed by atoms with Gasteiger partial charge in [0, 0.05) is 11.4 Å². The fourth-order valence-electron chi connectivity index (χ4n) is 3.11. The topological polar surface area (TPSA) is 42.1 Å². The molecule has 0 aromatic carbocycles. The third-order valence-electron chi connectivity index (χ3n) is 4.12. The maximum atomic E-state index is 6.00. The minimum absolute atomic E-state index is 0.487. The van der Waals surface area contributed by atoms with Gasteiger partial charge in [0.05, 0.1) is 17.2 Å². The Morgan fingerprint density at radius 3 is 2.88 bits per heavy atom. The van der Waals surface area contributed by atoms with Gasteiger partial charge in [0.1, 0.15) is 0 Å². The second kappa shape index (κ2) is 5.04. The largest absolute Gasteiger partial charge is 0.330 e. The van der Waals surface area contributed by atoms with Crippen LogP contribution in [0.1, 0.15) is 43.8 Å². The molecular weight excluding hydrogens is 230 g/mol. The summed E-state index contributed by atoms with van der Waals surface area (Å²) in [5.41, 5.74) is 9.22. The molecule has 3 nitrogen and oxygen atoms in total. The lowest BCUT2D eigenvalue weighted by atomic mass is 9.92. The molecule has 2 N–H and O–H groups in total. The van der Waals surface area contributed by atoms with Gasteiger partial charge in [-0.05, 0) is 44.7 Å². The van der Waals surface area contributed by atoms with E-state index in [9.17, 15) is 0 Å². The van der Waals surface area contributed by atoms with Crippen molar-refractivity contribution in [3.63, 3.8) is 0 Å². The van der Waals surface area contributed by atoms with E-state index in [2.05, 4.69) is 15.3 Å². The van der Waals surface area contributed by atoms with Gasteiger partial charge in [-0.2, -0.15) is 0 Å². The van der Waals surface area contributed by atoms with E-state index in [0.29, 0.717) is 12.0 Å². The van der Waals surface area contributed by atoms with Crippen LogP contribution in [0.4, 0.5) is 0 Å². The highest BCUT2D eigenvalue weighted by Gasteiger charge is 2.39. The fourth-order valence-corrected chi connectivity index (χ4v) is 3.69. The Bertz CT molecular complexity index is 348. The predicted molar refractivity (Wildman–Crippen MR) is 71.0 cm³/mol. The first-order chi connectivity index (χ1) is 8.40. The first-order valence-electron chi connectivity index (χ1n) is 6.74. The van der Waals surface area contributed by atoms with Gasteiger partial charge < -0.3 is 5.73 Å². The summed E-state index contributed by atoms with van der Waals surface area (Å²) in [5, 5.41) is 2.22. The zero-order valence-corrected chi connectivity index (χ0v) is 11.0. The number of thiazole rings is 1. The molecule has 2 aliphatic rings. The lowest BCUT2D eigenvalue weighted by Crippen LogP contribution is -2.37. The molecule has 94 valence electrons. The zero-order valence-electron chi connectivity index (χ0n) is 10.2. The number of aromatic nitrogens is 1. The lowest BCUT2D eigenvalue weighted by Gasteiger charge is -2.33. The Labute approximate surface area is 107 Å². The monoisotopic (exact) mass is 251 g/mol. The summed E-state index contributed by atoms with van der Waals surface area (Å²) in [7, 11) is 0. The van der Waals surface area contributed by atoms with Gasteiger partial charge in [-0.15, -0.1) is 11.3 Å². The molecule has 1 saturated carbocycles. The molecule has 2 atom stereocenters. The van der Waals surface area contributed by atoms with Crippen molar-refractivity contribution in [3.8, 4) is 0 Å². The van der Waals surface area contributed by atoms with Crippen LogP contribution in [0.15, 0.2) is 10.9 Å². The summed E-state index contributed by atoms with van der Waals surface area (Å²) in [6, 6.07) is 1.30. The average molecular weight is 251 g/mol. The van der Waals surface area contributed by atoms with E-state index >= 15 is 0 Å². The molecule has 3 rings (SSSR count). The summed E-state index contributed by atoms with van der Waals surface area (Å²) in [5.74, 6) is 0.597. The maximum Gasteiger partial charge on any atom is 0.0795 e. The summed E-state index contributed by atoms with van der Waals surface area (Å²) in [6.45, 7) is 2.04. The van der Waals surface area contributed by atoms with Crippen LogP contribution in [0, 0.1) is 5.92 Å². The standard InChI is InChI=1S/C13H21N3S/c14-7-10-3-1-2-6-16(11-4-5-11)13(10)12-8-17-9-15-12/h8-11,13H,1-7,14H2. The third kappa shape index (κ3) is 2.39. The minimum Gasteiger partial charge on any atom is -0.330 e. The molecule has 1 aromatic rings. The van der Waals surface area contributed by atoms with Crippen molar-refractivity contribution in [2.24, 2.45) is 11.7 Å². The number of nitrogens with two attached hydrogens (primary N) is 1. The van der Waals surface area contributed by atoms with Crippen molar-refractivity contribution in [2.75, 3.05) is 13.1 Å². The molecule has 0 radical (unpaired) electrons. The first-order valence-corrected chi connectivity index (χ1v) is 7.68. The van der Waals surface area contributed by atoms with Crippen molar-refractivity contribution >= 4 is 11.3 Å². The SMILES string of the molecule is NCC1CCCCN(C2CC2)C1c1cscn1. The number of rotatable bonds is 3. The van der Waals surface area contributed by atoms with Crippen molar-refractivity contribution in [1.82, 2.24) is 9.88 Å². The van der Waals surface area contributed by atoms with Crippen LogP contribution in [0.25, 0.3) is 0 Å². The number of nitrogens with zero attached hydrogens (tertiary/aromatic N) is 2. The summed E-state index contributed by atoms with van der Waals surface area (Å²) in [4.78, 5) is 7.26. The van der Waals surface area contributed by atoms with Crippen molar-refractivity contribution < 1.29 is 0 Å². The molecule has 2 unspecified atom stereocenters. The molecule has 1 aliphatic heterocycles. The molecule has 1 aliphatic carbocycles. The van der Waals surface area contributed by atoms with Crippen LogP contribution in [0.3, 0.4) is 0 Å². The van der Waals surface area contributed by atoms with Crippen LogP contribution < -0.4 is 5.73 Å². The molecule has 4 heteroatoms. The van der Waals surface area contributed by atoms with E-state index in [4.69, 9.17) is 5.73 Å². The van der Waals surface area contributed by atoms with E-state index in [1.54, 1.807) is 11.3 Å². The molecule has 0 spiro atoms. The van der Waals surface area contributed by atoms with Crippen LogP contribution in [0.5, 0.6) is 0 Å². The molecule has 0 amide bonds. The Kier molecular flexibility index (Phi) is 3.45. The van der Waals surface area contributed by atoms with E-state index < -0.39 is 0 Å². The predicted octanol–water partition coefficient (Wildman–Crippen LogP) is 2.41. The van der Waals surface area contributed by atoms with E-state index in [0.717, 1.165) is 12.6 Å². The van der Waals surface area contributed by atoms with Crippen LogP contribution in [-0.2, 0) is 0 Å². The lowest BCUT2D eigenvalue weighted by molar-refractivity contribution is 0.146. The zero-order chi connectivity index (χ0) is 11.7. The summed E-state index contributed by atoms with van der Waals surface area (Å²) >= 11 is 1.71. The average Bonchev–Trinajstić information content (AvgIpc) is 3.09. The van der Waals surface area contributed by atoms with Gasteiger partial charge in [0.25, 0.3) is 0 Å². The third-order valence-corrected chi connectivity index (χ3v) is 4.72. The van der Waals surface area contributed by atoms with Crippen molar-refractivity contribution in [1.29, 1.82) is 0 Å². The molecule has 0 bridgehead atoms. The van der Waals surface area contributed by atoms with Crippen molar-refractivity contribution in [3.05, 3.63) is 16.6 Å². The highest BCUT2D eigenvalue weighted by atomic mass is 32.1.